The van der Waals surface area contributed by atoms with Crippen LogP contribution < -0.4 is 10.1 Å². The lowest BCUT2D eigenvalue weighted by atomic mass is 10.1. The number of carbonyl (C=O) groups is 1. The van der Waals surface area contributed by atoms with Gasteiger partial charge in [0.25, 0.3) is 5.91 Å². The van der Waals surface area contributed by atoms with Crippen molar-refractivity contribution in [3.8, 4) is 5.75 Å². The minimum absolute atomic E-state index is 0.191. The molecule has 0 spiro atoms. The molecular weight excluding hydrogens is 264 g/mol. The van der Waals surface area contributed by atoms with Crippen molar-refractivity contribution in [3.05, 3.63) is 72.3 Å². The highest BCUT2D eigenvalue weighted by Crippen LogP contribution is 2.14. The van der Waals surface area contributed by atoms with Crippen LogP contribution in [0.4, 0.5) is 5.69 Å². The average molecular weight is 280 g/mol. The van der Waals surface area contributed by atoms with Crippen molar-refractivity contribution in [2.24, 2.45) is 0 Å². The van der Waals surface area contributed by atoms with E-state index in [4.69, 9.17) is 10.1 Å². The maximum atomic E-state index is 12.1. The molecule has 0 aliphatic rings. The van der Waals surface area contributed by atoms with Gasteiger partial charge in [-0.25, -0.2) is 0 Å². The lowest BCUT2D eigenvalue weighted by molar-refractivity contribution is 0.102. The molecule has 0 heterocycles. The molecule has 0 aliphatic carbocycles. The Bertz CT molecular complexity index is 658. The molecule has 4 nitrogen and oxygen atoms in total. The molecule has 0 fully saturated rings. The second kappa shape index (κ2) is 6.52. The molecule has 0 bridgehead atoms. The van der Waals surface area contributed by atoms with Gasteiger partial charge in [-0.05, 0) is 48.0 Å². The van der Waals surface area contributed by atoms with Crippen LogP contribution in [0.25, 0.3) is 0 Å². The Morgan fingerprint density at radius 1 is 1.10 bits per heavy atom. The maximum Gasteiger partial charge on any atom is 0.255 e. The minimum Gasteiger partial charge on any atom is -0.497 e. The fourth-order valence-corrected chi connectivity index (χ4v) is 1.80. The Balaban J connectivity index is 2.08. The molecule has 0 atom stereocenters. The zero-order chi connectivity index (χ0) is 15.2. The number of amides is 1. The van der Waals surface area contributed by atoms with E-state index in [2.05, 4.69) is 11.9 Å². The van der Waals surface area contributed by atoms with Crippen LogP contribution in [0, 0.1) is 5.41 Å². The quantitative estimate of drug-likeness (QED) is 0.823. The Labute approximate surface area is 123 Å². The van der Waals surface area contributed by atoms with Gasteiger partial charge in [0.15, 0.2) is 0 Å². The standard InChI is InChI=1S/C17H16N2O2/c1-3-16(18)12-4-8-14(9-5-12)19-17(20)13-6-10-15(21-2)11-7-13/h3-11,18H,1H2,2H3,(H,19,20). The second-order valence-corrected chi connectivity index (χ2v) is 4.38. The first-order valence-corrected chi connectivity index (χ1v) is 6.41. The number of ether oxygens (including phenoxy) is 1. The fourth-order valence-electron chi connectivity index (χ4n) is 1.80. The van der Waals surface area contributed by atoms with E-state index in [0.29, 0.717) is 22.7 Å². The van der Waals surface area contributed by atoms with Crippen molar-refractivity contribution in [2.45, 2.75) is 0 Å². The molecule has 0 saturated heterocycles. The molecule has 2 aromatic rings. The number of nitrogens with one attached hydrogen (secondary N) is 2. The predicted octanol–water partition coefficient (Wildman–Crippen LogP) is 3.50. The van der Waals surface area contributed by atoms with Crippen LogP contribution in [0.2, 0.25) is 0 Å². The van der Waals surface area contributed by atoms with E-state index in [9.17, 15) is 4.79 Å². The van der Waals surface area contributed by atoms with Gasteiger partial charge in [-0.3, -0.25) is 4.79 Å². The monoisotopic (exact) mass is 280 g/mol. The van der Waals surface area contributed by atoms with E-state index in [1.807, 2.05) is 0 Å². The van der Waals surface area contributed by atoms with Crippen LogP contribution >= 0.6 is 0 Å². The number of allylic oxidation sites excluding steroid dienone is 1. The molecule has 2 N–H and O–H groups in total. The van der Waals surface area contributed by atoms with Gasteiger partial charge in [-0.15, -0.1) is 0 Å². The molecule has 0 aliphatic heterocycles. The van der Waals surface area contributed by atoms with Crippen LogP contribution in [0.5, 0.6) is 5.75 Å². The molecule has 4 heteroatoms. The summed E-state index contributed by atoms with van der Waals surface area (Å²) in [7, 11) is 1.58. The molecule has 1 amide bonds. The number of benzene rings is 2. The van der Waals surface area contributed by atoms with Gasteiger partial charge in [0.2, 0.25) is 0 Å². The topological polar surface area (TPSA) is 62.2 Å². The first kappa shape index (κ1) is 14.5. The van der Waals surface area contributed by atoms with Crippen LogP contribution in [-0.2, 0) is 0 Å². The zero-order valence-corrected chi connectivity index (χ0v) is 11.7. The molecule has 0 unspecified atom stereocenters. The van der Waals surface area contributed by atoms with Crippen molar-refractivity contribution in [1.29, 1.82) is 5.41 Å². The predicted molar refractivity (Wildman–Crippen MR) is 84.4 cm³/mol. The van der Waals surface area contributed by atoms with Crippen LogP contribution in [0.3, 0.4) is 0 Å². The number of hydrogen-bond donors (Lipinski definition) is 2. The smallest absolute Gasteiger partial charge is 0.255 e. The first-order chi connectivity index (χ1) is 10.1. The SMILES string of the molecule is C=CC(=N)c1ccc(NC(=O)c2ccc(OC)cc2)cc1. The molecule has 0 aromatic heterocycles. The number of carbonyl (C=O) groups excluding carboxylic acids is 1. The fraction of sp³-hybridized carbons (Fsp3) is 0.0588. The first-order valence-electron chi connectivity index (χ1n) is 6.41. The van der Waals surface area contributed by atoms with Crippen LogP contribution in [0.15, 0.2) is 61.2 Å². The third kappa shape index (κ3) is 3.57. The average Bonchev–Trinajstić information content (AvgIpc) is 2.55. The lowest BCUT2D eigenvalue weighted by Crippen LogP contribution is -2.11. The molecule has 2 aromatic carbocycles. The molecule has 106 valence electrons. The van der Waals surface area contributed by atoms with Crippen LogP contribution in [0.1, 0.15) is 15.9 Å². The summed E-state index contributed by atoms with van der Waals surface area (Å²) in [6.07, 6.45) is 1.48. The van der Waals surface area contributed by atoms with Crippen molar-refractivity contribution < 1.29 is 9.53 Å². The summed E-state index contributed by atoms with van der Waals surface area (Å²) in [5, 5.41) is 10.4. The van der Waals surface area contributed by atoms with Gasteiger partial charge in [0.1, 0.15) is 5.75 Å². The molecule has 21 heavy (non-hydrogen) atoms. The maximum absolute atomic E-state index is 12.1. The van der Waals surface area contributed by atoms with E-state index >= 15 is 0 Å². The zero-order valence-electron chi connectivity index (χ0n) is 11.7. The molecular formula is C17H16N2O2. The number of anilines is 1. The largest absolute Gasteiger partial charge is 0.497 e. The van der Waals surface area contributed by atoms with E-state index in [1.165, 1.54) is 6.08 Å². The van der Waals surface area contributed by atoms with E-state index in [1.54, 1.807) is 55.6 Å². The van der Waals surface area contributed by atoms with Crippen molar-refractivity contribution in [3.63, 3.8) is 0 Å². The van der Waals surface area contributed by atoms with E-state index < -0.39 is 0 Å². The molecule has 0 radical (unpaired) electrons. The van der Waals surface area contributed by atoms with Gasteiger partial charge in [-0.2, -0.15) is 0 Å². The van der Waals surface area contributed by atoms with Gasteiger partial charge >= 0.3 is 0 Å². The van der Waals surface area contributed by atoms with E-state index in [-0.39, 0.29) is 5.91 Å². The second-order valence-electron chi connectivity index (χ2n) is 4.38. The highest BCUT2D eigenvalue weighted by atomic mass is 16.5. The van der Waals surface area contributed by atoms with Crippen LogP contribution in [-0.4, -0.2) is 18.7 Å². The highest BCUT2D eigenvalue weighted by molar-refractivity contribution is 6.07. The molecule has 0 saturated carbocycles. The van der Waals surface area contributed by atoms with Gasteiger partial charge in [-0.1, -0.05) is 18.7 Å². The van der Waals surface area contributed by atoms with E-state index in [0.717, 1.165) is 5.56 Å². The van der Waals surface area contributed by atoms with Gasteiger partial charge < -0.3 is 15.5 Å². The summed E-state index contributed by atoms with van der Waals surface area (Å²) < 4.78 is 5.05. The van der Waals surface area contributed by atoms with Gasteiger partial charge in [0, 0.05) is 11.3 Å². The van der Waals surface area contributed by atoms with Gasteiger partial charge in [0.05, 0.1) is 12.8 Å². The third-order valence-corrected chi connectivity index (χ3v) is 3.01. The Morgan fingerprint density at radius 2 is 1.67 bits per heavy atom. The normalized spacial score (nSPS) is 9.76. The lowest BCUT2D eigenvalue weighted by Gasteiger charge is -2.07. The number of hydrogen-bond acceptors (Lipinski definition) is 3. The van der Waals surface area contributed by atoms with Crippen molar-refractivity contribution in [1.82, 2.24) is 0 Å². The Hall–Kier alpha value is -2.88. The minimum atomic E-state index is -0.191. The summed E-state index contributed by atoms with van der Waals surface area (Å²) in [6, 6.07) is 13.9. The number of methoxy groups -OCH3 is 1. The summed E-state index contributed by atoms with van der Waals surface area (Å²) in [5.41, 5.74) is 2.34. The van der Waals surface area contributed by atoms with Crippen molar-refractivity contribution >= 4 is 17.3 Å². The third-order valence-electron chi connectivity index (χ3n) is 3.01. The van der Waals surface area contributed by atoms with Crippen molar-refractivity contribution in [2.75, 3.05) is 12.4 Å². The Morgan fingerprint density at radius 3 is 2.19 bits per heavy atom. The Kier molecular flexibility index (Phi) is 4.51. The number of rotatable bonds is 5. The summed E-state index contributed by atoms with van der Waals surface area (Å²) in [6.45, 7) is 3.56. The summed E-state index contributed by atoms with van der Waals surface area (Å²) in [4.78, 5) is 12.1. The highest BCUT2D eigenvalue weighted by Gasteiger charge is 2.06. The molecule has 2 rings (SSSR count). The summed E-state index contributed by atoms with van der Waals surface area (Å²) >= 11 is 0. The summed E-state index contributed by atoms with van der Waals surface area (Å²) in [5.74, 6) is 0.517.